The molecule has 1 aliphatic rings. The van der Waals surface area contributed by atoms with E-state index < -0.39 is 17.8 Å². The minimum Gasteiger partial charge on any atom is -0.390 e. The Bertz CT molecular complexity index is 550. The lowest BCUT2D eigenvalue weighted by atomic mass is 10.2. The zero-order valence-corrected chi connectivity index (χ0v) is 14.3. The van der Waals surface area contributed by atoms with Crippen LogP contribution >= 0.6 is 11.6 Å². The molecule has 1 fully saturated rings. The second kappa shape index (κ2) is 8.06. The number of hydrogen-bond acceptors (Lipinski definition) is 4. The Balaban J connectivity index is 1.89. The van der Waals surface area contributed by atoms with Crippen molar-refractivity contribution in [2.45, 2.75) is 6.10 Å². The van der Waals surface area contributed by atoms with Crippen molar-refractivity contribution in [3.8, 4) is 0 Å². The SMILES string of the molecule is CN1CCN(C[C@H](O)CN(C)C(=O)c2cccc(F)c2Cl)CC1. The number of piperazine rings is 1. The van der Waals surface area contributed by atoms with Crippen molar-refractivity contribution in [1.82, 2.24) is 14.7 Å². The normalized spacial score (nSPS) is 18.0. The number of carbonyl (C=O) groups excluding carboxylic acids is 1. The number of nitrogens with zero attached hydrogens (tertiary/aromatic N) is 3. The maximum Gasteiger partial charge on any atom is 0.255 e. The Labute approximate surface area is 141 Å². The van der Waals surface area contributed by atoms with Crippen molar-refractivity contribution in [2.75, 3.05) is 53.4 Å². The molecule has 1 saturated heterocycles. The van der Waals surface area contributed by atoms with Crippen molar-refractivity contribution in [1.29, 1.82) is 0 Å². The van der Waals surface area contributed by atoms with Gasteiger partial charge in [0, 0.05) is 46.3 Å². The number of β-amino-alcohol motifs (C(OH)–C–C–N with tert-alkyl or cyclic N) is 1. The van der Waals surface area contributed by atoms with Crippen LogP contribution in [0, 0.1) is 5.82 Å². The van der Waals surface area contributed by atoms with Gasteiger partial charge < -0.3 is 14.9 Å². The molecule has 0 bridgehead atoms. The van der Waals surface area contributed by atoms with Crippen molar-refractivity contribution in [3.05, 3.63) is 34.6 Å². The highest BCUT2D eigenvalue weighted by Crippen LogP contribution is 2.21. The molecule has 0 aromatic heterocycles. The average molecular weight is 344 g/mol. The third kappa shape index (κ3) is 4.88. The van der Waals surface area contributed by atoms with Crippen LogP contribution in [0.25, 0.3) is 0 Å². The molecule has 128 valence electrons. The van der Waals surface area contributed by atoms with Gasteiger partial charge in [-0.3, -0.25) is 9.69 Å². The van der Waals surface area contributed by atoms with Gasteiger partial charge >= 0.3 is 0 Å². The van der Waals surface area contributed by atoms with Crippen LogP contribution in [0.15, 0.2) is 18.2 Å². The topological polar surface area (TPSA) is 47.0 Å². The number of rotatable bonds is 5. The van der Waals surface area contributed by atoms with Crippen LogP contribution in [-0.2, 0) is 0 Å². The lowest BCUT2D eigenvalue weighted by Gasteiger charge is -2.34. The molecule has 1 aromatic carbocycles. The number of halogens is 2. The molecule has 2 rings (SSSR count). The summed E-state index contributed by atoms with van der Waals surface area (Å²) in [6.45, 7) is 4.45. The van der Waals surface area contributed by atoms with Gasteiger partial charge in [-0.15, -0.1) is 0 Å². The first kappa shape index (κ1) is 18.1. The summed E-state index contributed by atoms with van der Waals surface area (Å²) in [6.07, 6.45) is -0.653. The van der Waals surface area contributed by atoms with E-state index in [9.17, 15) is 14.3 Å². The van der Waals surface area contributed by atoms with Crippen LogP contribution in [0.1, 0.15) is 10.4 Å². The van der Waals surface area contributed by atoms with Crippen LogP contribution in [0.5, 0.6) is 0 Å². The Morgan fingerprint density at radius 1 is 1.39 bits per heavy atom. The van der Waals surface area contributed by atoms with E-state index in [2.05, 4.69) is 16.8 Å². The number of likely N-dealkylation sites (N-methyl/N-ethyl adjacent to an activating group) is 2. The molecule has 1 atom stereocenters. The molecule has 7 heteroatoms. The van der Waals surface area contributed by atoms with Crippen molar-refractivity contribution in [3.63, 3.8) is 0 Å². The summed E-state index contributed by atoms with van der Waals surface area (Å²) in [4.78, 5) is 18.1. The zero-order chi connectivity index (χ0) is 17.0. The second-order valence-corrected chi connectivity index (χ2v) is 6.42. The molecule has 23 heavy (non-hydrogen) atoms. The number of aliphatic hydroxyl groups excluding tert-OH is 1. The Hall–Kier alpha value is -1.21. The Kier molecular flexibility index (Phi) is 6.35. The lowest BCUT2D eigenvalue weighted by Crippen LogP contribution is -2.49. The number of carbonyl (C=O) groups is 1. The number of aliphatic hydroxyl groups is 1. The molecular formula is C16H23ClFN3O2. The summed E-state index contributed by atoms with van der Waals surface area (Å²) in [6, 6.07) is 4.14. The predicted molar refractivity (Wildman–Crippen MR) is 88.3 cm³/mol. The summed E-state index contributed by atoms with van der Waals surface area (Å²) < 4.78 is 13.4. The van der Waals surface area contributed by atoms with Gasteiger partial charge in [0.15, 0.2) is 0 Å². The number of amides is 1. The van der Waals surface area contributed by atoms with E-state index in [1.165, 1.54) is 23.1 Å². The first-order chi connectivity index (χ1) is 10.9. The van der Waals surface area contributed by atoms with Crippen LogP contribution in [-0.4, -0.2) is 85.2 Å². The number of hydrogen-bond donors (Lipinski definition) is 1. The third-order valence-corrected chi connectivity index (χ3v) is 4.46. The maximum atomic E-state index is 13.4. The van der Waals surface area contributed by atoms with E-state index in [0.29, 0.717) is 6.54 Å². The molecule has 1 amide bonds. The van der Waals surface area contributed by atoms with Gasteiger partial charge in [-0.2, -0.15) is 0 Å². The first-order valence-corrected chi connectivity index (χ1v) is 8.04. The molecule has 1 aromatic rings. The highest BCUT2D eigenvalue weighted by Gasteiger charge is 2.22. The van der Waals surface area contributed by atoms with Gasteiger partial charge in [0.05, 0.1) is 16.7 Å². The second-order valence-electron chi connectivity index (χ2n) is 6.04. The van der Waals surface area contributed by atoms with E-state index in [1.54, 1.807) is 7.05 Å². The fraction of sp³-hybridized carbons (Fsp3) is 0.562. The van der Waals surface area contributed by atoms with Gasteiger partial charge in [0.25, 0.3) is 5.91 Å². The Morgan fingerprint density at radius 3 is 2.70 bits per heavy atom. The van der Waals surface area contributed by atoms with Crippen LogP contribution < -0.4 is 0 Å². The average Bonchev–Trinajstić information content (AvgIpc) is 2.51. The van der Waals surface area contributed by atoms with Gasteiger partial charge in [-0.1, -0.05) is 17.7 Å². The summed E-state index contributed by atoms with van der Waals surface area (Å²) in [5.74, 6) is -1.02. The summed E-state index contributed by atoms with van der Waals surface area (Å²) in [5.41, 5.74) is 0.112. The largest absolute Gasteiger partial charge is 0.390 e. The zero-order valence-electron chi connectivity index (χ0n) is 13.5. The monoisotopic (exact) mass is 343 g/mol. The fourth-order valence-corrected chi connectivity index (χ4v) is 2.87. The van der Waals surface area contributed by atoms with Crippen LogP contribution in [0.3, 0.4) is 0 Å². The smallest absolute Gasteiger partial charge is 0.255 e. The highest BCUT2D eigenvalue weighted by molar-refractivity contribution is 6.33. The maximum absolute atomic E-state index is 13.4. The molecule has 5 nitrogen and oxygen atoms in total. The van der Waals surface area contributed by atoms with E-state index >= 15 is 0 Å². The quantitative estimate of drug-likeness (QED) is 0.871. The minimum atomic E-state index is -0.653. The lowest BCUT2D eigenvalue weighted by molar-refractivity contribution is 0.0501. The number of benzene rings is 1. The van der Waals surface area contributed by atoms with Gasteiger partial charge in [0.2, 0.25) is 0 Å². The molecule has 0 spiro atoms. The standard InChI is InChI=1S/C16H23ClFN3O2/c1-19-6-8-21(9-7-19)11-12(22)10-20(2)16(23)13-4-3-5-14(18)15(13)17/h3-5,12,22H,6-11H2,1-2H3/t12-/m1/s1. The molecule has 0 radical (unpaired) electrons. The molecule has 1 N–H and O–H groups in total. The Morgan fingerprint density at radius 2 is 2.04 bits per heavy atom. The molecule has 1 heterocycles. The van der Waals surface area contributed by atoms with Crippen molar-refractivity contribution < 1.29 is 14.3 Å². The summed E-state index contributed by atoms with van der Waals surface area (Å²) in [7, 11) is 3.65. The molecule has 0 unspecified atom stereocenters. The van der Waals surface area contributed by atoms with Gasteiger partial charge in [-0.25, -0.2) is 4.39 Å². The van der Waals surface area contributed by atoms with E-state index in [4.69, 9.17) is 11.6 Å². The van der Waals surface area contributed by atoms with Crippen LogP contribution in [0.2, 0.25) is 5.02 Å². The first-order valence-electron chi connectivity index (χ1n) is 7.67. The van der Waals surface area contributed by atoms with Crippen molar-refractivity contribution >= 4 is 17.5 Å². The summed E-state index contributed by atoms with van der Waals surface area (Å²) in [5, 5.41) is 10.0. The van der Waals surface area contributed by atoms with Crippen LogP contribution in [0.4, 0.5) is 4.39 Å². The van der Waals surface area contributed by atoms with Crippen molar-refractivity contribution in [2.24, 2.45) is 0 Å². The predicted octanol–water partition coefficient (Wildman–Crippen LogP) is 1.16. The van der Waals surface area contributed by atoms with E-state index in [1.807, 2.05) is 0 Å². The molecule has 0 saturated carbocycles. The third-order valence-electron chi connectivity index (χ3n) is 4.08. The summed E-state index contributed by atoms with van der Waals surface area (Å²) >= 11 is 5.84. The molecule has 0 aliphatic carbocycles. The molecule has 1 aliphatic heterocycles. The van der Waals surface area contributed by atoms with Gasteiger partial charge in [0.1, 0.15) is 5.82 Å². The van der Waals surface area contributed by atoms with E-state index in [0.717, 1.165) is 26.2 Å². The fourth-order valence-electron chi connectivity index (χ4n) is 2.66. The highest BCUT2D eigenvalue weighted by atomic mass is 35.5. The van der Waals surface area contributed by atoms with Gasteiger partial charge in [-0.05, 0) is 19.2 Å². The molecular weight excluding hydrogens is 321 g/mol. The minimum absolute atomic E-state index is 0.112. The van der Waals surface area contributed by atoms with E-state index in [-0.39, 0.29) is 17.1 Å².